The predicted octanol–water partition coefficient (Wildman–Crippen LogP) is 4.59. The van der Waals surface area contributed by atoms with Gasteiger partial charge >= 0.3 is 0 Å². The van der Waals surface area contributed by atoms with Crippen LogP contribution in [0.1, 0.15) is 63.0 Å². The second-order valence-electron chi connectivity index (χ2n) is 8.55. The molecule has 7 nitrogen and oxygen atoms in total. The van der Waals surface area contributed by atoms with E-state index in [1.54, 1.807) is 6.92 Å². The van der Waals surface area contributed by atoms with Crippen molar-refractivity contribution in [2.24, 2.45) is 11.8 Å². The van der Waals surface area contributed by atoms with Crippen molar-refractivity contribution in [1.29, 1.82) is 0 Å². The summed E-state index contributed by atoms with van der Waals surface area (Å²) < 4.78 is 7.44. The first-order chi connectivity index (χ1) is 14.2. The summed E-state index contributed by atoms with van der Waals surface area (Å²) in [6.45, 7) is 12.4. The van der Waals surface area contributed by atoms with E-state index in [1.807, 2.05) is 41.9 Å². The largest absolute Gasteiger partial charge is 0.420 e. The van der Waals surface area contributed by atoms with Crippen LogP contribution in [0.15, 0.2) is 34.7 Å². The lowest BCUT2D eigenvalue weighted by molar-refractivity contribution is 0.0930. The molecule has 2 aromatic heterocycles. The van der Waals surface area contributed by atoms with E-state index in [0.29, 0.717) is 34.9 Å². The average molecular weight is 410 g/mol. The highest BCUT2D eigenvalue weighted by atomic mass is 16.4. The maximum atomic E-state index is 12.7. The van der Waals surface area contributed by atoms with E-state index in [9.17, 15) is 4.79 Å². The zero-order chi connectivity index (χ0) is 21.8. The molecule has 0 fully saturated rings. The number of carbonyl (C=O) groups is 1. The first kappa shape index (κ1) is 21.7. The molecule has 0 radical (unpaired) electrons. The lowest BCUT2D eigenvalue weighted by Crippen LogP contribution is -2.36. The summed E-state index contributed by atoms with van der Waals surface area (Å²) in [6.07, 6.45) is 1.89. The fraction of sp³-hybridized carbons (Fsp3) is 0.478. The van der Waals surface area contributed by atoms with Gasteiger partial charge in [0.15, 0.2) is 0 Å². The van der Waals surface area contributed by atoms with Crippen molar-refractivity contribution in [3.8, 4) is 17.3 Å². The van der Waals surface area contributed by atoms with Crippen molar-refractivity contribution in [1.82, 2.24) is 25.3 Å². The van der Waals surface area contributed by atoms with E-state index in [0.717, 1.165) is 24.2 Å². The molecule has 1 aromatic carbocycles. The third kappa shape index (κ3) is 5.14. The maximum Gasteiger partial charge on any atom is 0.268 e. The van der Waals surface area contributed by atoms with Gasteiger partial charge in [-0.25, -0.2) is 4.68 Å². The number of nitrogens with one attached hydrogen (secondary N) is 1. The molecule has 0 aliphatic heterocycles. The topological polar surface area (TPSA) is 85.8 Å². The van der Waals surface area contributed by atoms with Crippen molar-refractivity contribution in [2.45, 2.75) is 60.4 Å². The van der Waals surface area contributed by atoms with Crippen LogP contribution in [0.4, 0.5) is 0 Å². The summed E-state index contributed by atoms with van der Waals surface area (Å²) in [5.41, 5.74) is 3.13. The molecule has 2 heterocycles. The van der Waals surface area contributed by atoms with Crippen LogP contribution in [0, 0.1) is 18.8 Å². The Balaban J connectivity index is 1.95. The fourth-order valence-corrected chi connectivity index (χ4v) is 3.00. The van der Waals surface area contributed by atoms with Gasteiger partial charge in [-0.1, -0.05) is 33.8 Å². The molecule has 3 aromatic rings. The molecule has 0 saturated heterocycles. The van der Waals surface area contributed by atoms with E-state index in [-0.39, 0.29) is 11.9 Å². The normalized spacial score (nSPS) is 12.5. The Morgan fingerprint density at radius 2 is 1.90 bits per heavy atom. The Hall–Kier alpha value is -2.96. The number of nitrogens with zero attached hydrogens (tertiary/aromatic N) is 4. The van der Waals surface area contributed by atoms with Crippen molar-refractivity contribution in [3.63, 3.8) is 0 Å². The van der Waals surface area contributed by atoms with Crippen LogP contribution in [0.2, 0.25) is 0 Å². The van der Waals surface area contributed by atoms with Crippen LogP contribution in [0.3, 0.4) is 0 Å². The smallest absolute Gasteiger partial charge is 0.268 e. The number of hydrogen-bond donors (Lipinski definition) is 1. The summed E-state index contributed by atoms with van der Waals surface area (Å²) >= 11 is 0. The van der Waals surface area contributed by atoms with Gasteiger partial charge < -0.3 is 9.73 Å². The lowest BCUT2D eigenvalue weighted by Gasteiger charge is -2.17. The van der Waals surface area contributed by atoms with Crippen LogP contribution in [0.5, 0.6) is 0 Å². The van der Waals surface area contributed by atoms with Crippen LogP contribution >= 0.6 is 0 Å². The summed E-state index contributed by atoms with van der Waals surface area (Å²) in [5, 5.41) is 15.8. The summed E-state index contributed by atoms with van der Waals surface area (Å²) in [6, 6.07) is 9.62. The van der Waals surface area contributed by atoms with Crippen LogP contribution in [-0.4, -0.2) is 31.9 Å². The molecule has 160 valence electrons. The Bertz CT molecular complexity index is 1000. The van der Waals surface area contributed by atoms with Crippen LogP contribution < -0.4 is 5.32 Å². The zero-order valence-electron chi connectivity index (χ0n) is 18.6. The van der Waals surface area contributed by atoms with Crippen molar-refractivity contribution in [2.75, 3.05) is 0 Å². The number of aromatic nitrogens is 4. The minimum atomic E-state index is -0.0818. The number of rotatable bonds is 8. The van der Waals surface area contributed by atoms with E-state index in [2.05, 4.69) is 43.2 Å². The summed E-state index contributed by atoms with van der Waals surface area (Å²) in [5.74, 6) is 1.75. The Morgan fingerprint density at radius 1 is 1.13 bits per heavy atom. The predicted molar refractivity (Wildman–Crippen MR) is 117 cm³/mol. The van der Waals surface area contributed by atoms with Crippen LogP contribution in [0.25, 0.3) is 17.3 Å². The molecule has 0 aliphatic rings. The Morgan fingerprint density at radius 3 is 2.53 bits per heavy atom. The molecule has 0 bridgehead atoms. The van der Waals surface area contributed by atoms with Gasteiger partial charge in [0.1, 0.15) is 5.69 Å². The molecule has 3 rings (SSSR count). The SMILES string of the molecule is Cc1nnc(-c2cc(CCC(C)C)n(-c3cccc(C(=O)N[C@H](C)C(C)C)c3)n2)o1. The van der Waals surface area contributed by atoms with Gasteiger partial charge in [-0.3, -0.25) is 4.79 Å². The summed E-state index contributed by atoms with van der Waals surface area (Å²) in [4.78, 5) is 12.7. The van der Waals surface area contributed by atoms with Crippen LogP contribution in [-0.2, 0) is 6.42 Å². The van der Waals surface area contributed by atoms with Crippen molar-refractivity contribution in [3.05, 3.63) is 47.5 Å². The second kappa shape index (κ2) is 9.24. The van der Waals surface area contributed by atoms with E-state index in [1.165, 1.54) is 0 Å². The zero-order valence-corrected chi connectivity index (χ0v) is 18.6. The summed E-state index contributed by atoms with van der Waals surface area (Å²) in [7, 11) is 0. The molecule has 1 amide bonds. The highest BCUT2D eigenvalue weighted by Gasteiger charge is 2.18. The Labute approximate surface area is 177 Å². The first-order valence-corrected chi connectivity index (χ1v) is 10.5. The molecule has 7 heteroatoms. The number of aryl methyl sites for hydroxylation is 2. The highest BCUT2D eigenvalue weighted by Crippen LogP contribution is 2.23. The maximum absolute atomic E-state index is 12.7. The number of hydrogen-bond acceptors (Lipinski definition) is 5. The number of amides is 1. The molecule has 1 N–H and O–H groups in total. The second-order valence-corrected chi connectivity index (χ2v) is 8.55. The molecule has 0 saturated carbocycles. The minimum absolute atomic E-state index is 0.0818. The molecular weight excluding hydrogens is 378 g/mol. The van der Waals surface area contributed by atoms with E-state index < -0.39 is 0 Å². The van der Waals surface area contributed by atoms with Crippen molar-refractivity contribution < 1.29 is 9.21 Å². The number of benzene rings is 1. The standard InChI is InChI=1S/C23H31N5O2/c1-14(2)10-11-20-13-21(23-26-25-17(6)30-23)27-28(20)19-9-7-8-18(12-19)22(29)24-16(5)15(3)4/h7-9,12-16H,10-11H2,1-6H3,(H,24,29)/t16-/m1/s1. The lowest BCUT2D eigenvalue weighted by atomic mass is 10.1. The fourth-order valence-electron chi connectivity index (χ4n) is 3.00. The first-order valence-electron chi connectivity index (χ1n) is 10.5. The molecule has 1 atom stereocenters. The monoisotopic (exact) mass is 409 g/mol. The molecule has 0 unspecified atom stereocenters. The molecule has 0 spiro atoms. The third-order valence-corrected chi connectivity index (χ3v) is 5.22. The van der Waals surface area contributed by atoms with Gasteiger partial charge in [0.25, 0.3) is 11.8 Å². The van der Waals surface area contributed by atoms with Gasteiger partial charge in [0.2, 0.25) is 5.89 Å². The van der Waals surface area contributed by atoms with Crippen molar-refractivity contribution >= 4 is 5.91 Å². The number of carbonyl (C=O) groups excluding carboxylic acids is 1. The Kier molecular flexibility index (Phi) is 6.70. The van der Waals surface area contributed by atoms with Gasteiger partial charge in [-0.15, -0.1) is 10.2 Å². The average Bonchev–Trinajstić information content (AvgIpc) is 3.32. The third-order valence-electron chi connectivity index (χ3n) is 5.22. The highest BCUT2D eigenvalue weighted by molar-refractivity contribution is 5.94. The van der Waals surface area contributed by atoms with Gasteiger partial charge in [0, 0.05) is 24.2 Å². The molecule has 0 aliphatic carbocycles. The molecular formula is C23H31N5O2. The van der Waals surface area contributed by atoms with Gasteiger partial charge in [0.05, 0.1) is 5.69 Å². The minimum Gasteiger partial charge on any atom is -0.420 e. The van der Waals surface area contributed by atoms with E-state index in [4.69, 9.17) is 9.52 Å². The van der Waals surface area contributed by atoms with Gasteiger partial charge in [-0.05, 0) is 55.9 Å². The van der Waals surface area contributed by atoms with E-state index >= 15 is 0 Å². The molecule has 30 heavy (non-hydrogen) atoms. The van der Waals surface area contributed by atoms with Gasteiger partial charge in [-0.2, -0.15) is 5.10 Å². The quantitative estimate of drug-likeness (QED) is 0.588.